The molecule has 0 saturated heterocycles. The van der Waals surface area contributed by atoms with Crippen molar-refractivity contribution in [3.05, 3.63) is 51.9 Å². The molecule has 0 aliphatic heterocycles. The molecule has 1 unspecified atom stereocenters. The first kappa shape index (κ1) is 16.7. The number of thiophene rings is 1. The van der Waals surface area contributed by atoms with E-state index in [0.717, 1.165) is 16.9 Å². The fourth-order valence-electron chi connectivity index (χ4n) is 3.64. The van der Waals surface area contributed by atoms with Crippen molar-refractivity contribution in [2.75, 3.05) is 12.3 Å². The number of aliphatic hydroxyl groups excluding tert-OH is 1. The summed E-state index contributed by atoms with van der Waals surface area (Å²) in [6.45, 7) is 0.0356. The molecule has 126 valence electrons. The fourth-order valence-corrected chi connectivity index (χ4v) is 4.80. The predicted molar refractivity (Wildman–Crippen MR) is 94.3 cm³/mol. The van der Waals surface area contributed by atoms with Crippen LogP contribution in [-0.2, 0) is 11.8 Å². The lowest BCUT2D eigenvalue weighted by molar-refractivity contribution is 0.0845. The fraction of sp³-hybridized carbons (Fsp3) is 0.333. The number of rotatable bonds is 5. The number of hydrogen-bond acceptors (Lipinski definition) is 5. The van der Waals surface area contributed by atoms with Crippen molar-refractivity contribution >= 4 is 28.0 Å². The van der Waals surface area contributed by atoms with Gasteiger partial charge in [0.25, 0.3) is 5.91 Å². The highest BCUT2D eigenvalue weighted by Gasteiger charge is 2.45. The van der Waals surface area contributed by atoms with Gasteiger partial charge in [-0.2, -0.15) is 0 Å². The van der Waals surface area contributed by atoms with Crippen LogP contribution in [0, 0.1) is 0 Å². The number of aliphatic hydroxyl groups is 1. The second-order valence-electron chi connectivity index (χ2n) is 6.12. The number of carbonyl (C=O) groups excluding carboxylic acids is 2. The largest absolute Gasteiger partial charge is 0.396 e. The maximum absolute atomic E-state index is 13.4. The topological polar surface area (TPSA) is 106 Å². The Bertz CT molecular complexity index is 785. The van der Waals surface area contributed by atoms with Gasteiger partial charge in [-0.1, -0.05) is 30.3 Å². The van der Waals surface area contributed by atoms with Gasteiger partial charge in [0.05, 0.1) is 20.9 Å². The Morgan fingerprint density at radius 2 is 2.00 bits per heavy atom. The standard InChI is InChI=1S/C18H20N2O3S/c19-16(23)13-12-7-9-18(8-4-10-21,11-5-2-1-3-6-11)15(22)14(12)24-17(13)20/h1-3,5-6,21H,4,7-10,20H2,(H2,19,23). The summed E-state index contributed by atoms with van der Waals surface area (Å²) in [5.74, 6) is -0.604. The van der Waals surface area contributed by atoms with Gasteiger partial charge in [-0.3, -0.25) is 9.59 Å². The Hall–Kier alpha value is -2.18. The van der Waals surface area contributed by atoms with Crippen LogP contribution in [0.5, 0.6) is 0 Å². The zero-order valence-corrected chi connectivity index (χ0v) is 14.1. The van der Waals surface area contributed by atoms with Crippen molar-refractivity contribution < 1.29 is 14.7 Å². The van der Waals surface area contributed by atoms with Gasteiger partial charge in [-0.15, -0.1) is 11.3 Å². The molecule has 24 heavy (non-hydrogen) atoms. The van der Waals surface area contributed by atoms with E-state index in [4.69, 9.17) is 11.5 Å². The summed E-state index contributed by atoms with van der Waals surface area (Å²) in [6.07, 6.45) is 2.27. The molecular formula is C18H20N2O3S. The molecule has 1 aromatic heterocycles. The summed E-state index contributed by atoms with van der Waals surface area (Å²) in [4.78, 5) is 25.6. The van der Waals surface area contributed by atoms with Gasteiger partial charge in [0.2, 0.25) is 0 Å². The molecule has 6 heteroatoms. The molecule has 3 rings (SSSR count). The smallest absolute Gasteiger partial charge is 0.251 e. The van der Waals surface area contributed by atoms with E-state index in [2.05, 4.69) is 0 Å². The average molecular weight is 344 g/mol. The van der Waals surface area contributed by atoms with Crippen molar-refractivity contribution in [1.82, 2.24) is 0 Å². The third-order valence-electron chi connectivity index (χ3n) is 4.81. The molecule has 0 bridgehead atoms. The third kappa shape index (κ3) is 2.52. The maximum atomic E-state index is 13.4. The molecule has 1 atom stereocenters. The Kier molecular flexibility index (Phi) is 4.43. The highest BCUT2D eigenvalue weighted by Crippen LogP contribution is 2.46. The van der Waals surface area contributed by atoms with Gasteiger partial charge in [0.1, 0.15) is 0 Å². The Morgan fingerprint density at radius 3 is 2.62 bits per heavy atom. The maximum Gasteiger partial charge on any atom is 0.251 e. The van der Waals surface area contributed by atoms with Crippen molar-refractivity contribution in [2.45, 2.75) is 31.1 Å². The first-order chi connectivity index (χ1) is 11.5. The Labute approximate surface area is 144 Å². The van der Waals surface area contributed by atoms with Crippen LogP contribution in [0.1, 0.15) is 50.4 Å². The molecule has 0 saturated carbocycles. The van der Waals surface area contributed by atoms with Gasteiger partial charge in [0, 0.05) is 6.61 Å². The van der Waals surface area contributed by atoms with Gasteiger partial charge < -0.3 is 16.6 Å². The number of ketones is 1. The third-order valence-corrected chi connectivity index (χ3v) is 5.87. The van der Waals surface area contributed by atoms with E-state index >= 15 is 0 Å². The Balaban J connectivity index is 2.12. The minimum Gasteiger partial charge on any atom is -0.396 e. The molecule has 5 N–H and O–H groups in total. The monoisotopic (exact) mass is 344 g/mol. The van der Waals surface area contributed by atoms with Crippen LogP contribution in [0.15, 0.2) is 30.3 Å². The van der Waals surface area contributed by atoms with Crippen LogP contribution in [0.3, 0.4) is 0 Å². The quantitative estimate of drug-likeness (QED) is 0.773. The molecule has 5 nitrogen and oxygen atoms in total. The van der Waals surface area contributed by atoms with E-state index in [9.17, 15) is 14.7 Å². The minimum atomic E-state index is -0.677. The number of amides is 1. The van der Waals surface area contributed by atoms with Crippen molar-refractivity contribution in [1.29, 1.82) is 0 Å². The van der Waals surface area contributed by atoms with Crippen LogP contribution in [0.4, 0.5) is 5.00 Å². The van der Waals surface area contributed by atoms with Gasteiger partial charge in [-0.05, 0) is 36.8 Å². The van der Waals surface area contributed by atoms with Crippen LogP contribution in [0.25, 0.3) is 0 Å². The molecule has 1 heterocycles. The van der Waals surface area contributed by atoms with Crippen molar-refractivity contribution in [3.63, 3.8) is 0 Å². The Morgan fingerprint density at radius 1 is 1.29 bits per heavy atom. The summed E-state index contributed by atoms with van der Waals surface area (Å²) in [6, 6.07) is 9.64. The zero-order chi connectivity index (χ0) is 17.3. The number of Topliss-reactive ketones (excluding diaryl/α,β-unsaturated/α-hetero) is 1. The van der Waals surface area contributed by atoms with Crippen LogP contribution < -0.4 is 11.5 Å². The second kappa shape index (κ2) is 6.37. The summed E-state index contributed by atoms with van der Waals surface area (Å²) in [5.41, 5.74) is 12.6. The van der Waals surface area contributed by atoms with Gasteiger partial charge in [-0.25, -0.2) is 0 Å². The summed E-state index contributed by atoms with van der Waals surface area (Å²) >= 11 is 1.15. The van der Waals surface area contributed by atoms with E-state index in [1.807, 2.05) is 30.3 Å². The lowest BCUT2D eigenvalue weighted by Gasteiger charge is -2.36. The SMILES string of the molecule is NC(=O)c1c(N)sc2c1CCC(CCCO)(c1ccccc1)C2=O. The van der Waals surface area contributed by atoms with E-state index < -0.39 is 11.3 Å². The summed E-state index contributed by atoms with van der Waals surface area (Å²) in [5, 5.41) is 9.58. The van der Waals surface area contributed by atoms with E-state index in [-0.39, 0.29) is 12.4 Å². The van der Waals surface area contributed by atoms with Crippen molar-refractivity contribution in [3.8, 4) is 0 Å². The number of nitrogens with two attached hydrogens (primary N) is 2. The minimum absolute atomic E-state index is 0.0207. The number of anilines is 1. The highest BCUT2D eigenvalue weighted by atomic mass is 32.1. The predicted octanol–water partition coefficient (Wildman–Crippen LogP) is 2.27. The molecule has 2 aromatic rings. The molecule has 1 aliphatic carbocycles. The second-order valence-corrected chi connectivity index (χ2v) is 7.17. The number of primary amides is 1. The van der Waals surface area contributed by atoms with E-state index in [1.165, 1.54) is 0 Å². The molecule has 0 radical (unpaired) electrons. The van der Waals surface area contributed by atoms with Crippen molar-refractivity contribution in [2.24, 2.45) is 5.73 Å². The normalized spacial score (nSPS) is 20.0. The number of hydrogen-bond donors (Lipinski definition) is 3. The van der Waals surface area contributed by atoms with Gasteiger partial charge >= 0.3 is 0 Å². The summed E-state index contributed by atoms with van der Waals surface area (Å²) < 4.78 is 0. The lowest BCUT2D eigenvalue weighted by atomic mass is 9.66. The molecule has 0 fully saturated rings. The van der Waals surface area contributed by atoms with Crippen LogP contribution in [-0.4, -0.2) is 23.4 Å². The molecular weight excluding hydrogens is 324 g/mol. The zero-order valence-electron chi connectivity index (χ0n) is 13.2. The first-order valence-corrected chi connectivity index (χ1v) is 8.75. The number of benzene rings is 1. The lowest BCUT2D eigenvalue weighted by Crippen LogP contribution is -2.40. The van der Waals surface area contributed by atoms with Crippen LogP contribution >= 0.6 is 11.3 Å². The molecule has 1 aromatic carbocycles. The number of carbonyl (C=O) groups is 2. The first-order valence-electron chi connectivity index (χ1n) is 7.93. The van der Waals surface area contributed by atoms with E-state index in [0.29, 0.717) is 46.7 Å². The molecule has 1 aliphatic rings. The molecule has 0 spiro atoms. The highest BCUT2D eigenvalue weighted by molar-refractivity contribution is 7.18. The van der Waals surface area contributed by atoms with E-state index in [1.54, 1.807) is 0 Å². The van der Waals surface area contributed by atoms with Crippen LogP contribution in [0.2, 0.25) is 0 Å². The number of nitrogen functional groups attached to an aromatic ring is 1. The average Bonchev–Trinajstić information content (AvgIpc) is 2.92. The number of fused-ring (bicyclic) bond motifs is 1. The summed E-state index contributed by atoms with van der Waals surface area (Å²) in [7, 11) is 0. The van der Waals surface area contributed by atoms with Gasteiger partial charge in [0.15, 0.2) is 5.78 Å². The molecule has 1 amide bonds.